The number of rotatable bonds is 7. The highest BCUT2D eigenvalue weighted by Gasteiger charge is 2.21. The lowest BCUT2D eigenvalue weighted by Gasteiger charge is -2.20. The van der Waals surface area contributed by atoms with Crippen molar-refractivity contribution in [2.75, 3.05) is 23.2 Å². The van der Waals surface area contributed by atoms with Crippen molar-refractivity contribution in [1.82, 2.24) is 4.98 Å². The molecule has 1 aliphatic carbocycles. The number of aromatic nitrogens is 1. The molecule has 1 aromatic rings. The standard InChI is InChI=1S/C14H21N3OS/c1-10(2)19-17(3)14-7-12(9-18)6-13(16-14)15-8-11-4-5-11/h6-7,9-11H,4-5,8H2,1-3H3,(H,15,16). The quantitative estimate of drug-likeness (QED) is 0.613. The fraction of sp³-hybridized carbons (Fsp3) is 0.571. The molecule has 2 rings (SSSR count). The van der Waals surface area contributed by atoms with Crippen molar-refractivity contribution in [1.29, 1.82) is 0 Å². The zero-order chi connectivity index (χ0) is 13.8. The van der Waals surface area contributed by atoms with Crippen molar-refractivity contribution in [2.24, 2.45) is 5.92 Å². The van der Waals surface area contributed by atoms with E-state index in [4.69, 9.17) is 0 Å². The first-order valence-corrected chi connectivity index (χ1v) is 7.53. The van der Waals surface area contributed by atoms with Crippen LogP contribution in [0.3, 0.4) is 0 Å². The molecule has 0 amide bonds. The molecule has 0 radical (unpaired) electrons. The molecule has 0 atom stereocenters. The molecule has 5 heteroatoms. The lowest BCUT2D eigenvalue weighted by molar-refractivity contribution is 0.112. The first-order chi connectivity index (χ1) is 9.08. The summed E-state index contributed by atoms with van der Waals surface area (Å²) in [5, 5.41) is 3.81. The topological polar surface area (TPSA) is 45.2 Å². The lowest BCUT2D eigenvalue weighted by atomic mass is 10.2. The highest BCUT2D eigenvalue weighted by atomic mass is 32.2. The van der Waals surface area contributed by atoms with Crippen molar-refractivity contribution in [2.45, 2.75) is 31.9 Å². The number of carbonyl (C=O) groups excluding carboxylic acids is 1. The second-order valence-corrected chi connectivity index (χ2v) is 6.94. The van der Waals surface area contributed by atoms with Crippen LogP contribution in [0, 0.1) is 5.92 Å². The van der Waals surface area contributed by atoms with E-state index < -0.39 is 0 Å². The van der Waals surface area contributed by atoms with Gasteiger partial charge in [-0.2, -0.15) is 0 Å². The summed E-state index contributed by atoms with van der Waals surface area (Å²) >= 11 is 1.70. The van der Waals surface area contributed by atoms with Crippen LogP contribution in [0.15, 0.2) is 12.1 Å². The van der Waals surface area contributed by atoms with E-state index in [0.717, 1.165) is 30.4 Å². The summed E-state index contributed by atoms with van der Waals surface area (Å²) < 4.78 is 2.01. The summed E-state index contributed by atoms with van der Waals surface area (Å²) in [6.07, 6.45) is 3.48. The molecule has 1 heterocycles. The number of anilines is 2. The third kappa shape index (κ3) is 4.42. The van der Waals surface area contributed by atoms with Gasteiger partial charge in [-0.3, -0.25) is 4.79 Å². The third-order valence-electron chi connectivity index (χ3n) is 2.93. The fourth-order valence-electron chi connectivity index (χ4n) is 1.80. The number of carbonyl (C=O) groups is 1. The fourth-order valence-corrected chi connectivity index (χ4v) is 2.63. The van der Waals surface area contributed by atoms with Gasteiger partial charge in [-0.05, 0) is 42.8 Å². The summed E-state index contributed by atoms with van der Waals surface area (Å²) in [5.74, 6) is 2.40. The molecule has 104 valence electrons. The number of pyridine rings is 1. The Morgan fingerprint density at radius 2 is 2.26 bits per heavy atom. The first-order valence-electron chi connectivity index (χ1n) is 6.70. The smallest absolute Gasteiger partial charge is 0.150 e. The zero-order valence-corrected chi connectivity index (χ0v) is 12.5. The molecule has 1 N–H and O–H groups in total. The van der Waals surface area contributed by atoms with Gasteiger partial charge in [-0.15, -0.1) is 0 Å². The van der Waals surface area contributed by atoms with Crippen molar-refractivity contribution in [3.8, 4) is 0 Å². The molecule has 1 saturated carbocycles. The van der Waals surface area contributed by atoms with Gasteiger partial charge in [-0.1, -0.05) is 13.8 Å². The van der Waals surface area contributed by atoms with Gasteiger partial charge in [0, 0.05) is 24.4 Å². The van der Waals surface area contributed by atoms with E-state index in [2.05, 4.69) is 24.1 Å². The molecule has 0 spiro atoms. The van der Waals surface area contributed by atoms with Crippen LogP contribution in [0.5, 0.6) is 0 Å². The van der Waals surface area contributed by atoms with Gasteiger partial charge in [-0.25, -0.2) is 4.98 Å². The molecule has 4 nitrogen and oxygen atoms in total. The molecule has 1 aromatic heterocycles. The summed E-state index contributed by atoms with van der Waals surface area (Å²) in [5.41, 5.74) is 0.666. The maximum atomic E-state index is 11.0. The van der Waals surface area contributed by atoms with E-state index in [0.29, 0.717) is 10.8 Å². The predicted octanol–water partition coefficient (Wildman–Crippen LogP) is 3.21. The molecular formula is C14H21N3OS. The summed E-state index contributed by atoms with van der Waals surface area (Å²) in [7, 11) is 1.98. The Hall–Kier alpha value is -1.23. The second kappa shape index (κ2) is 6.28. The van der Waals surface area contributed by atoms with E-state index in [1.807, 2.05) is 23.5 Å². The predicted molar refractivity (Wildman–Crippen MR) is 82.0 cm³/mol. The molecule has 0 saturated heterocycles. The number of aldehydes is 1. The van der Waals surface area contributed by atoms with Gasteiger partial charge in [0.05, 0.1) is 0 Å². The largest absolute Gasteiger partial charge is 0.370 e. The highest BCUT2D eigenvalue weighted by molar-refractivity contribution is 8.01. The summed E-state index contributed by atoms with van der Waals surface area (Å²) in [4.78, 5) is 15.6. The molecule has 19 heavy (non-hydrogen) atoms. The van der Waals surface area contributed by atoms with Gasteiger partial charge in [0.15, 0.2) is 0 Å². The van der Waals surface area contributed by atoms with Gasteiger partial charge in [0.25, 0.3) is 0 Å². The Morgan fingerprint density at radius 3 is 2.84 bits per heavy atom. The zero-order valence-electron chi connectivity index (χ0n) is 11.7. The maximum Gasteiger partial charge on any atom is 0.150 e. The number of nitrogens with zero attached hydrogens (tertiary/aromatic N) is 2. The third-order valence-corrected chi connectivity index (χ3v) is 3.86. The van der Waals surface area contributed by atoms with E-state index in [1.54, 1.807) is 11.9 Å². The molecular weight excluding hydrogens is 258 g/mol. The number of hydrogen-bond acceptors (Lipinski definition) is 5. The van der Waals surface area contributed by atoms with Crippen LogP contribution < -0.4 is 9.62 Å². The van der Waals surface area contributed by atoms with Crippen LogP contribution in [0.2, 0.25) is 0 Å². The molecule has 1 aliphatic rings. The SMILES string of the molecule is CC(C)SN(C)c1cc(C=O)cc(NCC2CC2)n1. The van der Waals surface area contributed by atoms with Crippen LogP contribution in [-0.2, 0) is 0 Å². The van der Waals surface area contributed by atoms with E-state index in [1.165, 1.54) is 12.8 Å². The normalized spacial score (nSPS) is 14.5. The number of nitrogens with one attached hydrogen (secondary N) is 1. The Morgan fingerprint density at radius 1 is 1.53 bits per heavy atom. The molecule has 1 fully saturated rings. The second-order valence-electron chi connectivity index (χ2n) is 5.24. The van der Waals surface area contributed by atoms with Gasteiger partial charge < -0.3 is 9.62 Å². The van der Waals surface area contributed by atoms with Crippen LogP contribution in [-0.4, -0.2) is 30.1 Å². The Bertz CT molecular complexity index is 446. The number of hydrogen-bond donors (Lipinski definition) is 1. The minimum Gasteiger partial charge on any atom is -0.370 e. The molecule has 0 aromatic carbocycles. The minimum atomic E-state index is 0.481. The monoisotopic (exact) mass is 279 g/mol. The van der Waals surface area contributed by atoms with Crippen molar-refractivity contribution in [3.63, 3.8) is 0 Å². The van der Waals surface area contributed by atoms with Crippen molar-refractivity contribution in [3.05, 3.63) is 17.7 Å². The molecule has 0 aliphatic heterocycles. The first kappa shape index (κ1) is 14.2. The average molecular weight is 279 g/mol. The molecule has 0 unspecified atom stereocenters. The van der Waals surface area contributed by atoms with E-state index in [9.17, 15) is 4.79 Å². The summed E-state index contributed by atoms with van der Waals surface area (Å²) in [6, 6.07) is 3.64. The van der Waals surface area contributed by atoms with E-state index in [-0.39, 0.29) is 0 Å². The van der Waals surface area contributed by atoms with Crippen molar-refractivity contribution < 1.29 is 4.79 Å². The van der Waals surface area contributed by atoms with Crippen LogP contribution in [0.4, 0.5) is 11.6 Å². The highest BCUT2D eigenvalue weighted by Crippen LogP contribution is 2.29. The van der Waals surface area contributed by atoms with Crippen LogP contribution in [0.25, 0.3) is 0 Å². The van der Waals surface area contributed by atoms with Gasteiger partial charge in [0.1, 0.15) is 17.9 Å². The lowest BCUT2D eigenvalue weighted by Crippen LogP contribution is -2.14. The molecule has 0 bridgehead atoms. The average Bonchev–Trinajstić information content (AvgIpc) is 3.19. The van der Waals surface area contributed by atoms with E-state index >= 15 is 0 Å². The Kier molecular flexibility index (Phi) is 4.69. The van der Waals surface area contributed by atoms with Gasteiger partial charge >= 0.3 is 0 Å². The van der Waals surface area contributed by atoms with Crippen LogP contribution in [0.1, 0.15) is 37.0 Å². The minimum absolute atomic E-state index is 0.481. The van der Waals surface area contributed by atoms with Crippen molar-refractivity contribution >= 4 is 29.9 Å². The Balaban J connectivity index is 2.11. The maximum absolute atomic E-state index is 11.0. The van der Waals surface area contributed by atoms with Crippen LogP contribution >= 0.6 is 11.9 Å². The Labute approximate surface area is 119 Å². The van der Waals surface area contributed by atoms with Gasteiger partial charge in [0.2, 0.25) is 0 Å². The summed E-state index contributed by atoms with van der Waals surface area (Å²) in [6.45, 7) is 5.23.